The third kappa shape index (κ3) is 7.24. The summed E-state index contributed by atoms with van der Waals surface area (Å²) in [5, 5.41) is 19.3. The highest BCUT2D eigenvalue weighted by Gasteiger charge is 2.20. The van der Waals surface area contributed by atoms with Gasteiger partial charge in [-0.2, -0.15) is 20.1 Å². The Balaban J connectivity index is 1.38. The van der Waals surface area contributed by atoms with E-state index in [9.17, 15) is 10.1 Å². The molecular formula is C29H30N8O4. The summed E-state index contributed by atoms with van der Waals surface area (Å²) in [4.78, 5) is 27.1. The fourth-order valence-corrected chi connectivity index (χ4v) is 4.35. The van der Waals surface area contributed by atoms with Gasteiger partial charge in [-0.15, -0.1) is 0 Å². The van der Waals surface area contributed by atoms with Gasteiger partial charge in [0.2, 0.25) is 17.8 Å². The molecule has 41 heavy (non-hydrogen) atoms. The molecule has 1 aromatic heterocycles. The number of hydrazone groups is 1. The average molecular weight is 555 g/mol. The Hall–Kier alpha value is -5.26. The highest BCUT2D eigenvalue weighted by Crippen LogP contribution is 2.34. The van der Waals surface area contributed by atoms with Crippen molar-refractivity contribution in [3.05, 3.63) is 94.0 Å². The van der Waals surface area contributed by atoms with E-state index >= 15 is 0 Å². The number of nitro groups is 1. The molecule has 5 rings (SSSR count). The summed E-state index contributed by atoms with van der Waals surface area (Å²) in [6.07, 6.45) is 4.62. The summed E-state index contributed by atoms with van der Waals surface area (Å²) < 4.78 is 11.3. The number of nitro benzene ring substituents is 1. The van der Waals surface area contributed by atoms with E-state index in [1.54, 1.807) is 0 Å². The van der Waals surface area contributed by atoms with Crippen LogP contribution < -0.4 is 25.1 Å². The molecule has 0 saturated carbocycles. The summed E-state index contributed by atoms with van der Waals surface area (Å²) in [6, 6.07) is 21.9. The number of nitrogens with one attached hydrogen (secondary N) is 2. The van der Waals surface area contributed by atoms with Crippen LogP contribution in [-0.4, -0.2) is 46.3 Å². The van der Waals surface area contributed by atoms with E-state index in [-0.39, 0.29) is 29.6 Å². The monoisotopic (exact) mass is 554 g/mol. The van der Waals surface area contributed by atoms with E-state index in [1.807, 2.05) is 60.7 Å². The standard InChI is InChI=1S/C29H30N8O4/c1-40-25-17-22(24(37(38)39)18-26(25)41-20-21-11-5-2-6-12-21)19-30-35-28-32-27(31-23-13-7-3-8-14-23)33-29(34-28)36-15-9-4-10-16-36/h2-3,5-8,11-14,17-19H,4,9-10,15-16,20H2,1H3,(H2,31,32,33,34,35)/b30-19-. The molecule has 1 aliphatic rings. The third-order valence-electron chi connectivity index (χ3n) is 6.41. The smallest absolute Gasteiger partial charge is 0.282 e. The van der Waals surface area contributed by atoms with Gasteiger partial charge < -0.3 is 19.7 Å². The van der Waals surface area contributed by atoms with Gasteiger partial charge in [-0.25, -0.2) is 5.43 Å². The van der Waals surface area contributed by atoms with Crippen molar-refractivity contribution in [2.45, 2.75) is 25.9 Å². The molecule has 2 N–H and O–H groups in total. The molecule has 4 aromatic rings. The van der Waals surface area contributed by atoms with Gasteiger partial charge in [-0.05, 0) is 43.0 Å². The van der Waals surface area contributed by atoms with E-state index in [0.717, 1.165) is 37.2 Å². The summed E-state index contributed by atoms with van der Waals surface area (Å²) >= 11 is 0. The lowest BCUT2D eigenvalue weighted by Gasteiger charge is -2.26. The second-order valence-corrected chi connectivity index (χ2v) is 9.28. The van der Waals surface area contributed by atoms with Crippen LogP contribution in [0.25, 0.3) is 0 Å². The number of piperidine rings is 1. The Bertz CT molecular complexity index is 1500. The normalized spacial score (nSPS) is 13.1. The zero-order chi connectivity index (χ0) is 28.4. The Morgan fingerprint density at radius 2 is 1.66 bits per heavy atom. The first-order chi connectivity index (χ1) is 20.1. The van der Waals surface area contributed by atoms with Crippen molar-refractivity contribution in [1.82, 2.24) is 15.0 Å². The van der Waals surface area contributed by atoms with Gasteiger partial charge in [0.1, 0.15) is 6.61 Å². The number of anilines is 4. The maximum atomic E-state index is 11.9. The van der Waals surface area contributed by atoms with Crippen molar-refractivity contribution < 1.29 is 14.4 Å². The van der Waals surface area contributed by atoms with Crippen molar-refractivity contribution in [2.75, 3.05) is 35.8 Å². The fourth-order valence-electron chi connectivity index (χ4n) is 4.35. The largest absolute Gasteiger partial charge is 0.493 e. The first-order valence-electron chi connectivity index (χ1n) is 13.2. The first kappa shape index (κ1) is 27.3. The van der Waals surface area contributed by atoms with Crippen LogP contribution in [-0.2, 0) is 6.61 Å². The van der Waals surface area contributed by atoms with Gasteiger partial charge in [-0.1, -0.05) is 48.5 Å². The van der Waals surface area contributed by atoms with Gasteiger partial charge in [0.25, 0.3) is 5.69 Å². The van der Waals surface area contributed by atoms with Crippen LogP contribution in [0, 0.1) is 10.1 Å². The Labute approximate surface area is 237 Å². The molecule has 3 aromatic carbocycles. The quantitative estimate of drug-likeness (QED) is 0.138. The highest BCUT2D eigenvalue weighted by molar-refractivity contribution is 5.87. The number of nitrogens with zero attached hydrogens (tertiary/aromatic N) is 6. The average Bonchev–Trinajstić information content (AvgIpc) is 3.01. The Morgan fingerprint density at radius 1 is 0.951 bits per heavy atom. The van der Waals surface area contributed by atoms with Crippen LogP contribution >= 0.6 is 0 Å². The minimum Gasteiger partial charge on any atom is -0.493 e. The molecule has 1 saturated heterocycles. The maximum Gasteiger partial charge on any atom is 0.282 e. The molecule has 1 fully saturated rings. The molecular weight excluding hydrogens is 524 g/mol. The SMILES string of the molecule is COc1cc(/C=N\Nc2nc(Nc3ccccc3)nc(N3CCCCC3)n2)c([N+](=O)[O-])cc1OCc1ccccc1. The van der Waals surface area contributed by atoms with Gasteiger partial charge in [-0.3, -0.25) is 10.1 Å². The summed E-state index contributed by atoms with van der Waals surface area (Å²) in [5.74, 6) is 1.69. The molecule has 12 nitrogen and oxygen atoms in total. The number of para-hydroxylation sites is 1. The Morgan fingerprint density at radius 3 is 2.37 bits per heavy atom. The molecule has 0 amide bonds. The van der Waals surface area contributed by atoms with Gasteiger partial charge in [0.05, 0.1) is 29.9 Å². The Kier molecular flexibility index (Phi) is 8.79. The molecule has 2 heterocycles. The van der Waals surface area contributed by atoms with Crippen LogP contribution in [0.15, 0.2) is 77.9 Å². The van der Waals surface area contributed by atoms with E-state index in [0.29, 0.717) is 17.6 Å². The van der Waals surface area contributed by atoms with Crippen LogP contribution in [0.5, 0.6) is 11.5 Å². The topological polar surface area (TPSA) is 140 Å². The number of ether oxygens (including phenoxy) is 2. The number of hydrogen-bond donors (Lipinski definition) is 2. The zero-order valence-electron chi connectivity index (χ0n) is 22.6. The summed E-state index contributed by atoms with van der Waals surface area (Å²) in [7, 11) is 1.48. The van der Waals surface area contributed by atoms with E-state index in [1.165, 1.54) is 31.9 Å². The molecule has 0 aliphatic carbocycles. The van der Waals surface area contributed by atoms with Crippen LogP contribution in [0.2, 0.25) is 0 Å². The molecule has 0 atom stereocenters. The molecule has 210 valence electrons. The summed E-state index contributed by atoms with van der Waals surface area (Å²) in [5.41, 5.74) is 4.60. The predicted molar refractivity (Wildman–Crippen MR) is 157 cm³/mol. The minimum absolute atomic E-state index is 0.185. The van der Waals surface area contributed by atoms with E-state index < -0.39 is 4.92 Å². The van der Waals surface area contributed by atoms with Crippen molar-refractivity contribution >= 4 is 35.4 Å². The van der Waals surface area contributed by atoms with Crippen LogP contribution in [0.4, 0.5) is 29.2 Å². The maximum absolute atomic E-state index is 11.9. The van der Waals surface area contributed by atoms with Crippen LogP contribution in [0.1, 0.15) is 30.4 Å². The molecule has 0 spiro atoms. The predicted octanol–water partition coefficient (Wildman–Crippen LogP) is 5.55. The number of benzene rings is 3. The summed E-state index contributed by atoms with van der Waals surface area (Å²) in [6.45, 7) is 1.94. The molecule has 0 radical (unpaired) electrons. The van der Waals surface area contributed by atoms with Crippen LogP contribution in [0.3, 0.4) is 0 Å². The zero-order valence-corrected chi connectivity index (χ0v) is 22.6. The molecule has 12 heteroatoms. The molecule has 0 unspecified atom stereocenters. The van der Waals surface area contributed by atoms with Gasteiger partial charge >= 0.3 is 0 Å². The van der Waals surface area contributed by atoms with Gasteiger partial charge in [0, 0.05) is 18.8 Å². The lowest BCUT2D eigenvalue weighted by atomic mass is 10.1. The third-order valence-corrected chi connectivity index (χ3v) is 6.41. The first-order valence-corrected chi connectivity index (χ1v) is 13.2. The minimum atomic E-state index is -0.491. The van der Waals surface area contributed by atoms with Crippen molar-refractivity contribution in [3.8, 4) is 11.5 Å². The molecule has 0 bridgehead atoms. The second kappa shape index (κ2) is 13.2. The lowest BCUT2D eigenvalue weighted by molar-refractivity contribution is -0.385. The van der Waals surface area contributed by atoms with Crippen molar-refractivity contribution in [3.63, 3.8) is 0 Å². The lowest BCUT2D eigenvalue weighted by Crippen LogP contribution is -2.31. The molecule has 1 aliphatic heterocycles. The fraction of sp³-hybridized carbons (Fsp3) is 0.241. The van der Waals surface area contributed by atoms with Gasteiger partial charge in [0.15, 0.2) is 11.5 Å². The number of rotatable bonds is 11. The number of aromatic nitrogens is 3. The van der Waals surface area contributed by atoms with E-state index in [4.69, 9.17) is 9.47 Å². The van der Waals surface area contributed by atoms with Crippen molar-refractivity contribution in [1.29, 1.82) is 0 Å². The van der Waals surface area contributed by atoms with E-state index in [2.05, 4.69) is 35.7 Å². The second-order valence-electron chi connectivity index (χ2n) is 9.28. The number of methoxy groups -OCH3 is 1. The highest BCUT2D eigenvalue weighted by atomic mass is 16.6. The van der Waals surface area contributed by atoms with Crippen molar-refractivity contribution in [2.24, 2.45) is 5.10 Å². The number of hydrogen-bond acceptors (Lipinski definition) is 11.